The molecule has 1 heteroatoms. The summed E-state index contributed by atoms with van der Waals surface area (Å²) in [6.45, 7) is 0. The Morgan fingerprint density at radius 2 is 1.00 bits per heavy atom. The monoisotopic (exact) mass is 230 g/mol. The van der Waals surface area contributed by atoms with Gasteiger partial charge in [-0.15, -0.1) is 0 Å². The molecule has 0 spiro atoms. The van der Waals surface area contributed by atoms with E-state index in [1.54, 1.807) is 0 Å². The maximum Gasteiger partial charge on any atom is -0.172 e. The number of hydrogen-bond donors (Lipinski definition) is 0. The van der Waals surface area contributed by atoms with E-state index in [2.05, 4.69) is 0 Å². The zero-order valence-corrected chi connectivity index (χ0v) is 8.73. The molecule has 0 aliphatic heterocycles. The fourth-order valence-corrected chi connectivity index (χ4v) is 0.642. The van der Waals surface area contributed by atoms with Gasteiger partial charge < -0.3 is 30.3 Å². The molecule has 0 saturated heterocycles. The van der Waals surface area contributed by atoms with Crippen LogP contribution in [0.4, 0.5) is 0 Å². The molecular formula is C10H12Mo-6. The first-order valence-corrected chi connectivity index (χ1v) is 3.33. The molecule has 0 heterocycles. The van der Waals surface area contributed by atoms with Gasteiger partial charge in [0.25, 0.3) is 0 Å². The first-order valence-electron chi connectivity index (χ1n) is 3.33. The Bertz CT molecular complexity index is 144. The van der Waals surface area contributed by atoms with Crippen molar-refractivity contribution in [1.29, 1.82) is 0 Å². The number of rotatable bonds is 0. The molecule has 2 rings (SSSR count). The van der Waals surface area contributed by atoms with E-state index in [-0.39, 0.29) is 21.1 Å². The van der Waals surface area contributed by atoms with Gasteiger partial charge in [0.05, 0.1) is 0 Å². The topological polar surface area (TPSA) is 0 Å². The van der Waals surface area contributed by atoms with Gasteiger partial charge in [0.1, 0.15) is 0 Å². The Morgan fingerprint density at radius 3 is 1.18 bits per heavy atom. The second-order valence-corrected chi connectivity index (χ2v) is 1.92. The molecule has 11 heavy (non-hydrogen) atoms. The molecular weight excluding hydrogens is 216 g/mol. The van der Waals surface area contributed by atoms with E-state index in [1.165, 1.54) is 0 Å². The van der Waals surface area contributed by atoms with E-state index < -0.39 is 0 Å². The zero-order chi connectivity index (χ0) is 7.07. The van der Waals surface area contributed by atoms with Crippen LogP contribution in [0, 0.1) is 0 Å². The third kappa shape index (κ3) is 5.81. The first-order chi connectivity index (χ1) is 5.00. The summed E-state index contributed by atoms with van der Waals surface area (Å²) >= 11 is 0. The second kappa shape index (κ2) is 7.49. The second-order valence-electron chi connectivity index (χ2n) is 1.92. The summed E-state index contributed by atoms with van der Waals surface area (Å²) in [5, 5.41) is 0. The van der Waals surface area contributed by atoms with Crippen LogP contribution in [-0.4, -0.2) is 0 Å². The summed E-state index contributed by atoms with van der Waals surface area (Å²) in [4.78, 5) is 0. The molecule has 2 aromatic carbocycles. The van der Waals surface area contributed by atoms with Gasteiger partial charge in [0, 0.05) is 0 Å². The molecule has 0 aliphatic carbocycles. The van der Waals surface area contributed by atoms with Crippen LogP contribution in [0.3, 0.4) is 0 Å². The minimum absolute atomic E-state index is 0. The quantitative estimate of drug-likeness (QED) is 0.479. The van der Waals surface area contributed by atoms with Crippen molar-refractivity contribution >= 4 is 0 Å². The fourth-order valence-electron chi connectivity index (χ4n) is 0.642. The molecule has 0 nitrogen and oxygen atoms in total. The summed E-state index contributed by atoms with van der Waals surface area (Å²) in [6, 6.07) is 20.0. The smallest absolute Gasteiger partial charge is 0.172 e. The van der Waals surface area contributed by atoms with Crippen LogP contribution in [0.15, 0.2) is 60.7 Å². The Labute approximate surface area is 81.9 Å². The van der Waals surface area contributed by atoms with Gasteiger partial charge in [0.15, 0.2) is 0 Å². The van der Waals surface area contributed by atoms with Crippen LogP contribution in [0.1, 0.15) is 0 Å². The molecule has 0 N–H and O–H groups in total. The van der Waals surface area contributed by atoms with Crippen molar-refractivity contribution in [3.8, 4) is 0 Å². The van der Waals surface area contributed by atoms with Crippen molar-refractivity contribution in [1.82, 2.24) is 0 Å². The summed E-state index contributed by atoms with van der Waals surface area (Å²) < 4.78 is 0. The molecule has 0 unspecified atom stereocenters. The predicted molar refractivity (Wildman–Crippen MR) is 46.9 cm³/mol. The van der Waals surface area contributed by atoms with Crippen LogP contribution in [-0.2, 0) is 21.1 Å². The fraction of sp³-hybridized carbons (Fsp3) is 0. The van der Waals surface area contributed by atoms with Gasteiger partial charge >= 0.3 is 21.1 Å². The van der Waals surface area contributed by atoms with Gasteiger partial charge in [0.2, 0.25) is 0 Å². The van der Waals surface area contributed by atoms with Crippen molar-refractivity contribution in [2.24, 2.45) is 0 Å². The van der Waals surface area contributed by atoms with Crippen molar-refractivity contribution in [3.05, 3.63) is 60.7 Å². The standard InChI is InChI=1S/2C5H5.Mo.2H/c2*1-2-4-5-3-1;;;/h2*1-5H;;;/q-5;-1;;;. The van der Waals surface area contributed by atoms with E-state index in [9.17, 15) is 0 Å². The van der Waals surface area contributed by atoms with Crippen LogP contribution in [0.25, 0.3) is 0 Å². The third-order valence-corrected chi connectivity index (χ3v) is 1.11. The molecule has 0 saturated carbocycles. The van der Waals surface area contributed by atoms with Gasteiger partial charge in [-0.2, -0.15) is 18.2 Å². The number of hydrogen-bond acceptors (Lipinski definition) is 0. The zero-order valence-electron chi connectivity index (χ0n) is 6.27. The van der Waals surface area contributed by atoms with E-state index in [4.69, 9.17) is 0 Å². The maximum absolute atomic E-state index is 2.00. The van der Waals surface area contributed by atoms with Crippen LogP contribution in [0.5, 0.6) is 0 Å². The Kier molecular flexibility index (Phi) is 7.08. The Balaban J connectivity index is 0.000000167. The maximum atomic E-state index is 2.00. The van der Waals surface area contributed by atoms with Crippen LogP contribution >= 0.6 is 0 Å². The average molecular weight is 228 g/mol. The average Bonchev–Trinajstić information content (AvgIpc) is 2.67. The van der Waals surface area contributed by atoms with Crippen molar-refractivity contribution in [2.75, 3.05) is 0 Å². The SMILES string of the molecule is [MoH2].[cH-]1[cH-][cH-][cH-][cH-]1.c1cc[cH-]c1. The normalized spacial score (nSPS) is 7.27. The first kappa shape index (κ1) is 10.4. The van der Waals surface area contributed by atoms with Crippen molar-refractivity contribution in [2.45, 2.75) is 0 Å². The molecule has 0 radical (unpaired) electrons. The Hall–Kier alpha value is -0.612. The predicted octanol–water partition coefficient (Wildman–Crippen LogP) is 2.27. The summed E-state index contributed by atoms with van der Waals surface area (Å²) in [5.41, 5.74) is 0. The van der Waals surface area contributed by atoms with Crippen LogP contribution < -0.4 is 0 Å². The molecule has 2 aromatic rings. The van der Waals surface area contributed by atoms with Gasteiger partial charge in [-0.25, -0.2) is 12.1 Å². The molecule has 0 bridgehead atoms. The molecule has 0 amide bonds. The minimum Gasteiger partial charge on any atom is -0.748 e. The van der Waals surface area contributed by atoms with E-state index in [1.807, 2.05) is 60.7 Å². The summed E-state index contributed by atoms with van der Waals surface area (Å²) in [7, 11) is 0. The summed E-state index contributed by atoms with van der Waals surface area (Å²) in [6.07, 6.45) is 0. The van der Waals surface area contributed by atoms with Gasteiger partial charge in [-0.1, -0.05) is 0 Å². The molecule has 0 aliphatic rings. The molecule has 64 valence electrons. The van der Waals surface area contributed by atoms with Crippen LogP contribution in [0.2, 0.25) is 0 Å². The Morgan fingerprint density at radius 1 is 0.636 bits per heavy atom. The molecule has 0 fully saturated rings. The molecule has 0 aromatic heterocycles. The van der Waals surface area contributed by atoms with E-state index >= 15 is 0 Å². The minimum atomic E-state index is 0. The van der Waals surface area contributed by atoms with Gasteiger partial charge in [-0.3, -0.25) is 0 Å². The van der Waals surface area contributed by atoms with Crippen molar-refractivity contribution in [3.63, 3.8) is 0 Å². The van der Waals surface area contributed by atoms with Crippen molar-refractivity contribution < 1.29 is 21.1 Å². The van der Waals surface area contributed by atoms with Gasteiger partial charge in [-0.05, 0) is 0 Å². The largest absolute Gasteiger partial charge is 0.748 e. The van der Waals surface area contributed by atoms with E-state index in [0.29, 0.717) is 0 Å². The molecule has 0 atom stereocenters. The van der Waals surface area contributed by atoms with E-state index in [0.717, 1.165) is 0 Å². The summed E-state index contributed by atoms with van der Waals surface area (Å²) in [5.74, 6) is 0. The third-order valence-electron chi connectivity index (χ3n) is 1.11.